The normalized spacial score (nSPS) is 12.0. The molecule has 4 aromatic rings. The third kappa shape index (κ3) is 5.33. The lowest BCUT2D eigenvalue weighted by Crippen LogP contribution is -2.10. The molecule has 0 aliphatic heterocycles. The maximum atomic E-state index is 14.2. The van der Waals surface area contributed by atoms with E-state index in [4.69, 9.17) is 4.74 Å². The van der Waals surface area contributed by atoms with Crippen molar-refractivity contribution in [1.82, 2.24) is 15.0 Å². The van der Waals surface area contributed by atoms with Gasteiger partial charge in [0.2, 0.25) is 0 Å². The van der Waals surface area contributed by atoms with Gasteiger partial charge in [-0.05, 0) is 49.6 Å². The van der Waals surface area contributed by atoms with Crippen LogP contribution in [0.4, 0.5) is 10.2 Å². The summed E-state index contributed by atoms with van der Waals surface area (Å²) in [4.78, 5) is 22.8. The first-order valence-corrected chi connectivity index (χ1v) is 11.3. The number of anilines is 1. The largest absolute Gasteiger partial charge is 0.494 e. The quantitative estimate of drug-likeness (QED) is 0.273. The first-order chi connectivity index (χ1) is 16.4. The Morgan fingerprint density at radius 3 is 2.74 bits per heavy atom. The van der Waals surface area contributed by atoms with E-state index in [1.807, 2.05) is 48.5 Å². The smallest absolute Gasteiger partial charge is 0.312 e. The highest BCUT2D eigenvalue weighted by atomic mass is 19.1. The fourth-order valence-corrected chi connectivity index (χ4v) is 3.58. The van der Waals surface area contributed by atoms with Crippen molar-refractivity contribution in [2.24, 2.45) is 0 Å². The van der Waals surface area contributed by atoms with Gasteiger partial charge in [0.15, 0.2) is 17.5 Å². The van der Waals surface area contributed by atoms with Crippen molar-refractivity contribution in [1.29, 1.82) is 0 Å². The summed E-state index contributed by atoms with van der Waals surface area (Å²) in [5.74, 6) is -0.665. The fourth-order valence-electron chi connectivity index (χ4n) is 3.58. The van der Waals surface area contributed by atoms with Gasteiger partial charge in [-0.25, -0.2) is 14.4 Å². The lowest BCUT2D eigenvalue weighted by atomic mass is 10.1. The molecule has 0 spiro atoms. The molecule has 0 saturated heterocycles. The van der Waals surface area contributed by atoms with E-state index < -0.39 is 17.7 Å². The second-order valence-corrected chi connectivity index (χ2v) is 8.10. The minimum Gasteiger partial charge on any atom is -0.494 e. The third-order valence-corrected chi connectivity index (χ3v) is 5.70. The molecule has 4 rings (SSSR count). The summed E-state index contributed by atoms with van der Waals surface area (Å²) < 4.78 is 20.0. The minimum atomic E-state index is -0.878. The summed E-state index contributed by atoms with van der Waals surface area (Å²) in [6.07, 6.45) is 2.76. The Kier molecular flexibility index (Phi) is 7.06. The Morgan fingerprint density at radius 1 is 1.21 bits per heavy atom. The van der Waals surface area contributed by atoms with Crippen molar-refractivity contribution in [3.05, 3.63) is 71.8 Å². The Bertz CT molecular complexity index is 1290. The van der Waals surface area contributed by atoms with E-state index in [9.17, 15) is 14.3 Å². The van der Waals surface area contributed by atoms with Crippen LogP contribution in [0.5, 0.6) is 5.75 Å². The lowest BCUT2D eigenvalue weighted by molar-refractivity contribution is -0.138. The van der Waals surface area contributed by atoms with Gasteiger partial charge < -0.3 is 20.1 Å². The van der Waals surface area contributed by atoms with Crippen LogP contribution in [0.3, 0.4) is 0 Å². The SMILES string of the molecule is CCc1ccc(-c2ncc(F)c(NCCCOc3ccc4[nH]c(C(C)C(=O)O)cc4c3)n2)cc1. The average molecular weight is 463 g/mol. The Labute approximate surface area is 197 Å². The number of aliphatic carboxylic acids is 1. The molecule has 0 radical (unpaired) electrons. The maximum Gasteiger partial charge on any atom is 0.312 e. The summed E-state index contributed by atoms with van der Waals surface area (Å²) in [5, 5.41) is 13.1. The van der Waals surface area contributed by atoms with E-state index in [1.165, 1.54) is 11.8 Å². The van der Waals surface area contributed by atoms with Crippen molar-refractivity contribution in [3.63, 3.8) is 0 Å². The number of aromatic nitrogens is 3. The second kappa shape index (κ2) is 10.3. The molecule has 3 N–H and O–H groups in total. The van der Waals surface area contributed by atoms with E-state index in [-0.39, 0.29) is 5.82 Å². The Hall–Kier alpha value is -3.94. The van der Waals surface area contributed by atoms with Crippen molar-refractivity contribution in [3.8, 4) is 17.1 Å². The van der Waals surface area contributed by atoms with Crippen LogP contribution < -0.4 is 10.1 Å². The molecule has 0 aliphatic rings. The fraction of sp³-hybridized carbons (Fsp3) is 0.269. The molecule has 2 heterocycles. The first-order valence-electron chi connectivity index (χ1n) is 11.3. The molecule has 0 bridgehead atoms. The number of fused-ring (bicyclic) bond motifs is 1. The Morgan fingerprint density at radius 2 is 2.00 bits per heavy atom. The highest BCUT2D eigenvalue weighted by molar-refractivity contribution is 5.84. The number of aromatic amines is 1. The second-order valence-electron chi connectivity index (χ2n) is 8.10. The predicted molar refractivity (Wildman–Crippen MR) is 130 cm³/mol. The molecular weight excluding hydrogens is 435 g/mol. The standard InChI is InChI=1S/C26H27FN4O3/c1-3-17-5-7-18(8-6-17)24-29-15-21(27)25(31-24)28-11-4-12-34-20-9-10-22-19(13-20)14-23(30-22)16(2)26(32)33/h5-10,13-16,30H,3-4,11-12H2,1-2H3,(H,32,33)(H,28,29,31). The molecule has 1 unspecified atom stereocenters. The summed E-state index contributed by atoms with van der Waals surface area (Å²) >= 11 is 0. The monoisotopic (exact) mass is 462 g/mol. The van der Waals surface area contributed by atoms with Crippen LogP contribution in [0.1, 0.15) is 37.4 Å². The van der Waals surface area contributed by atoms with Gasteiger partial charge in [-0.1, -0.05) is 31.2 Å². The van der Waals surface area contributed by atoms with Gasteiger partial charge >= 0.3 is 5.97 Å². The Balaban J connectivity index is 1.31. The van der Waals surface area contributed by atoms with Crippen LogP contribution in [0.2, 0.25) is 0 Å². The van der Waals surface area contributed by atoms with Gasteiger partial charge in [0, 0.05) is 28.7 Å². The van der Waals surface area contributed by atoms with Gasteiger partial charge in [-0.15, -0.1) is 0 Å². The number of carbonyl (C=O) groups is 1. The van der Waals surface area contributed by atoms with Gasteiger partial charge in [-0.2, -0.15) is 0 Å². The number of carboxylic acid groups (broad SMARTS) is 1. The molecule has 0 amide bonds. The van der Waals surface area contributed by atoms with Gasteiger partial charge in [0.1, 0.15) is 5.75 Å². The number of aryl methyl sites for hydroxylation is 1. The molecule has 8 heteroatoms. The third-order valence-electron chi connectivity index (χ3n) is 5.70. The zero-order valence-electron chi connectivity index (χ0n) is 19.1. The lowest BCUT2D eigenvalue weighted by Gasteiger charge is -2.10. The molecule has 7 nitrogen and oxygen atoms in total. The van der Waals surface area contributed by atoms with Gasteiger partial charge in [-0.3, -0.25) is 4.79 Å². The van der Waals surface area contributed by atoms with Gasteiger partial charge in [0.25, 0.3) is 0 Å². The number of benzene rings is 2. The molecule has 0 fully saturated rings. The average Bonchev–Trinajstić information content (AvgIpc) is 3.28. The van der Waals surface area contributed by atoms with Crippen molar-refractivity contribution >= 4 is 22.7 Å². The summed E-state index contributed by atoms with van der Waals surface area (Å²) in [6.45, 7) is 4.64. The zero-order valence-corrected chi connectivity index (χ0v) is 19.1. The van der Waals surface area contributed by atoms with E-state index in [0.29, 0.717) is 36.8 Å². The number of H-pyrrole nitrogens is 1. The predicted octanol–water partition coefficient (Wildman–Crippen LogP) is 5.40. The minimum absolute atomic E-state index is 0.165. The summed E-state index contributed by atoms with van der Waals surface area (Å²) in [7, 11) is 0. The highest BCUT2D eigenvalue weighted by Crippen LogP contribution is 2.25. The molecule has 0 saturated carbocycles. The molecule has 1 atom stereocenters. The van der Waals surface area contributed by atoms with Crippen molar-refractivity contribution in [2.75, 3.05) is 18.5 Å². The van der Waals surface area contributed by atoms with E-state index in [2.05, 4.69) is 27.2 Å². The molecule has 0 aliphatic carbocycles. The highest BCUT2D eigenvalue weighted by Gasteiger charge is 2.16. The van der Waals surface area contributed by atoms with Crippen LogP contribution in [0.15, 0.2) is 54.7 Å². The van der Waals surface area contributed by atoms with Crippen LogP contribution in [-0.2, 0) is 11.2 Å². The number of hydrogen-bond acceptors (Lipinski definition) is 5. The number of rotatable bonds is 10. The number of ether oxygens (including phenoxy) is 1. The number of nitrogens with one attached hydrogen (secondary N) is 2. The number of hydrogen-bond donors (Lipinski definition) is 3. The summed E-state index contributed by atoms with van der Waals surface area (Å²) in [6, 6.07) is 15.3. The van der Waals surface area contributed by atoms with Crippen LogP contribution in [0.25, 0.3) is 22.3 Å². The van der Waals surface area contributed by atoms with Crippen LogP contribution in [-0.4, -0.2) is 39.2 Å². The molecule has 2 aromatic heterocycles. The zero-order chi connectivity index (χ0) is 24.1. The maximum absolute atomic E-state index is 14.2. The van der Waals surface area contributed by atoms with E-state index in [0.717, 1.165) is 22.9 Å². The number of carboxylic acids is 1. The van der Waals surface area contributed by atoms with E-state index >= 15 is 0 Å². The van der Waals surface area contributed by atoms with Gasteiger partial charge in [0.05, 0.1) is 18.7 Å². The molecule has 34 heavy (non-hydrogen) atoms. The molecule has 2 aromatic carbocycles. The molecule has 176 valence electrons. The number of halogens is 1. The topological polar surface area (TPSA) is 100 Å². The van der Waals surface area contributed by atoms with Crippen molar-refractivity contribution in [2.45, 2.75) is 32.6 Å². The number of nitrogens with zero attached hydrogens (tertiary/aromatic N) is 2. The van der Waals surface area contributed by atoms with Crippen LogP contribution in [0, 0.1) is 5.82 Å². The van der Waals surface area contributed by atoms with Crippen LogP contribution >= 0.6 is 0 Å². The first kappa shape index (κ1) is 23.2. The van der Waals surface area contributed by atoms with E-state index in [1.54, 1.807) is 6.92 Å². The molecular formula is C26H27FN4O3. The van der Waals surface area contributed by atoms with Crippen molar-refractivity contribution < 1.29 is 19.0 Å². The summed E-state index contributed by atoms with van der Waals surface area (Å²) in [5.41, 5.74) is 3.56.